The number of piperidine rings is 1. The Labute approximate surface area is 150 Å². The zero-order valence-electron chi connectivity index (χ0n) is 14.6. The lowest BCUT2D eigenvalue weighted by Crippen LogP contribution is -2.34. The van der Waals surface area contributed by atoms with Crippen molar-refractivity contribution in [2.45, 2.75) is 32.2 Å². The van der Waals surface area contributed by atoms with Gasteiger partial charge in [0.05, 0.1) is 18.3 Å². The molecule has 26 heavy (non-hydrogen) atoms. The molecular weight excluding hydrogens is 336 g/mol. The summed E-state index contributed by atoms with van der Waals surface area (Å²) in [4.78, 5) is 2.31. The van der Waals surface area contributed by atoms with Gasteiger partial charge in [-0.25, -0.2) is 8.78 Å². The minimum absolute atomic E-state index is 0.00460. The van der Waals surface area contributed by atoms with Crippen LogP contribution in [0.2, 0.25) is 0 Å². The van der Waals surface area contributed by atoms with E-state index < -0.39 is 11.6 Å². The van der Waals surface area contributed by atoms with Gasteiger partial charge >= 0.3 is 0 Å². The molecule has 0 bridgehead atoms. The molecule has 1 saturated heterocycles. The summed E-state index contributed by atoms with van der Waals surface area (Å²) < 4.78 is 34.1. The Balaban J connectivity index is 1.57. The first kappa shape index (κ1) is 17.0. The number of nitrogens with zero attached hydrogens (tertiary/aromatic N) is 2. The van der Waals surface area contributed by atoms with Crippen LogP contribution in [-0.2, 0) is 6.54 Å². The minimum atomic E-state index is -0.564. The topological polar surface area (TPSA) is 45.1 Å². The van der Waals surface area contributed by atoms with E-state index >= 15 is 0 Å². The third kappa shape index (κ3) is 3.29. The number of nitrogens with one attached hydrogen (secondary N) is 1. The maximum atomic E-state index is 14.2. The number of aromatic nitrogens is 2. The van der Waals surface area contributed by atoms with Gasteiger partial charge in [-0.2, -0.15) is 5.10 Å². The van der Waals surface area contributed by atoms with Crippen molar-refractivity contribution in [3.63, 3.8) is 0 Å². The molecule has 136 valence electrons. The monoisotopic (exact) mass is 357 g/mol. The maximum absolute atomic E-state index is 14.2. The van der Waals surface area contributed by atoms with Gasteiger partial charge in [0.15, 0.2) is 0 Å². The van der Waals surface area contributed by atoms with Crippen LogP contribution in [0.5, 0.6) is 0 Å². The van der Waals surface area contributed by atoms with Crippen molar-refractivity contribution in [3.8, 4) is 11.1 Å². The van der Waals surface area contributed by atoms with Gasteiger partial charge < -0.3 is 4.42 Å². The molecule has 0 spiro atoms. The highest BCUT2D eigenvalue weighted by Gasteiger charge is 2.27. The van der Waals surface area contributed by atoms with Crippen LogP contribution in [0.3, 0.4) is 0 Å². The van der Waals surface area contributed by atoms with Crippen LogP contribution in [-0.4, -0.2) is 28.2 Å². The summed E-state index contributed by atoms with van der Waals surface area (Å²) >= 11 is 0. The maximum Gasteiger partial charge on any atom is 0.134 e. The Morgan fingerprint density at radius 3 is 2.77 bits per heavy atom. The lowest BCUT2D eigenvalue weighted by atomic mass is 9.90. The molecule has 6 heteroatoms. The molecule has 0 amide bonds. The van der Waals surface area contributed by atoms with E-state index in [1.165, 1.54) is 24.4 Å². The molecule has 1 atom stereocenters. The molecule has 0 radical (unpaired) electrons. The fourth-order valence-corrected chi connectivity index (χ4v) is 3.79. The van der Waals surface area contributed by atoms with Gasteiger partial charge in [-0.05, 0) is 50.6 Å². The van der Waals surface area contributed by atoms with Gasteiger partial charge in [-0.1, -0.05) is 6.07 Å². The number of aryl methyl sites for hydroxylation is 1. The predicted octanol–water partition coefficient (Wildman–Crippen LogP) is 4.64. The van der Waals surface area contributed by atoms with Gasteiger partial charge in [0, 0.05) is 23.7 Å². The molecule has 3 aromatic rings. The van der Waals surface area contributed by atoms with Gasteiger partial charge in [-0.3, -0.25) is 10.00 Å². The molecule has 0 saturated carbocycles. The summed E-state index contributed by atoms with van der Waals surface area (Å²) in [7, 11) is 0. The van der Waals surface area contributed by atoms with Gasteiger partial charge in [0.2, 0.25) is 0 Å². The molecule has 4 nitrogen and oxygen atoms in total. The molecule has 1 N–H and O–H groups in total. The van der Waals surface area contributed by atoms with E-state index in [2.05, 4.69) is 15.1 Å². The first-order valence-electron chi connectivity index (χ1n) is 8.87. The molecule has 1 aliphatic heterocycles. The summed E-state index contributed by atoms with van der Waals surface area (Å²) in [5.74, 6) is 0.863. The van der Waals surface area contributed by atoms with E-state index in [1.54, 1.807) is 0 Å². The molecule has 4 rings (SSSR count). The molecule has 1 unspecified atom stereocenters. The number of likely N-dealkylation sites (tertiary alicyclic amines) is 1. The van der Waals surface area contributed by atoms with E-state index in [-0.39, 0.29) is 11.5 Å². The Bertz CT molecular complexity index is 882. The van der Waals surface area contributed by atoms with Crippen LogP contribution in [0, 0.1) is 18.6 Å². The number of benzene rings is 1. The quantitative estimate of drug-likeness (QED) is 0.740. The summed E-state index contributed by atoms with van der Waals surface area (Å²) in [6.45, 7) is 4.45. The normalized spacial score (nSPS) is 18.3. The lowest BCUT2D eigenvalue weighted by Gasteiger charge is -2.32. The van der Waals surface area contributed by atoms with Gasteiger partial charge in [0.1, 0.15) is 23.2 Å². The molecule has 3 heterocycles. The first-order chi connectivity index (χ1) is 12.6. The minimum Gasteiger partial charge on any atom is -0.465 e. The van der Waals surface area contributed by atoms with Crippen LogP contribution < -0.4 is 0 Å². The Hall–Kier alpha value is -2.47. The average Bonchev–Trinajstić information content (AvgIpc) is 3.24. The Morgan fingerprint density at radius 2 is 2.04 bits per heavy atom. The average molecular weight is 357 g/mol. The van der Waals surface area contributed by atoms with E-state index in [0.717, 1.165) is 49.7 Å². The van der Waals surface area contributed by atoms with Crippen molar-refractivity contribution in [1.29, 1.82) is 0 Å². The van der Waals surface area contributed by atoms with Crippen LogP contribution in [0.1, 0.15) is 36.0 Å². The van der Waals surface area contributed by atoms with Crippen molar-refractivity contribution in [3.05, 3.63) is 65.4 Å². The van der Waals surface area contributed by atoms with Crippen LogP contribution in [0.15, 0.2) is 40.9 Å². The number of H-pyrrole nitrogens is 1. The van der Waals surface area contributed by atoms with Crippen LogP contribution in [0.25, 0.3) is 11.1 Å². The number of halogens is 2. The molecule has 1 aliphatic rings. The SMILES string of the molecule is Cc1ccc(CN2CCCC(c3[nH]ncc3-c3c(F)cccc3F)C2)o1. The molecular formula is C20H21F2N3O. The fraction of sp³-hybridized carbons (Fsp3) is 0.350. The van der Waals surface area contributed by atoms with E-state index in [0.29, 0.717) is 5.56 Å². The van der Waals surface area contributed by atoms with Gasteiger partial charge in [-0.15, -0.1) is 0 Å². The molecule has 1 aromatic carbocycles. The fourth-order valence-electron chi connectivity index (χ4n) is 3.79. The van der Waals surface area contributed by atoms with Crippen molar-refractivity contribution in [2.75, 3.05) is 13.1 Å². The van der Waals surface area contributed by atoms with Crippen molar-refractivity contribution in [1.82, 2.24) is 15.1 Å². The van der Waals surface area contributed by atoms with Crippen molar-refractivity contribution >= 4 is 0 Å². The van der Waals surface area contributed by atoms with E-state index in [1.807, 2.05) is 19.1 Å². The third-order valence-electron chi connectivity index (χ3n) is 4.99. The van der Waals surface area contributed by atoms with E-state index in [4.69, 9.17) is 4.42 Å². The highest BCUT2D eigenvalue weighted by molar-refractivity contribution is 5.67. The Morgan fingerprint density at radius 1 is 1.23 bits per heavy atom. The highest BCUT2D eigenvalue weighted by Crippen LogP contribution is 2.35. The third-order valence-corrected chi connectivity index (χ3v) is 4.99. The largest absolute Gasteiger partial charge is 0.465 e. The van der Waals surface area contributed by atoms with Crippen LogP contribution in [0.4, 0.5) is 8.78 Å². The number of aromatic amines is 1. The smallest absolute Gasteiger partial charge is 0.134 e. The zero-order chi connectivity index (χ0) is 18.1. The van der Waals surface area contributed by atoms with Crippen LogP contribution >= 0.6 is 0 Å². The van der Waals surface area contributed by atoms with Crippen molar-refractivity contribution in [2.24, 2.45) is 0 Å². The molecule has 2 aromatic heterocycles. The number of furan rings is 1. The Kier molecular flexibility index (Phi) is 4.59. The molecule has 0 aliphatic carbocycles. The second-order valence-electron chi connectivity index (χ2n) is 6.88. The van der Waals surface area contributed by atoms with Crippen molar-refractivity contribution < 1.29 is 13.2 Å². The second-order valence-corrected chi connectivity index (χ2v) is 6.88. The van der Waals surface area contributed by atoms with Gasteiger partial charge in [0.25, 0.3) is 0 Å². The summed E-state index contributed by atoms with van der Waals surface area (Å²) in [6, 6.07) is 7.89. The zero-order valence-corrected chi connectivity index (χ0v) is 14.6. The second kappa shape index (κ2) is 7.03. The first-order valence-corrected chi connectivity index (χ1v) is 8.87. The summed E-state index contributed by atoms with van der Waals surface area (Å²) in [5.41, 5.74) is 1.31. The summed E-state index contributed by atoms with van der Waals surface area (Å²) in [6.07, 6.45) is 3.49. The predicted molar refractivity (Wildman–Crippen MR) is 94.6 cm³/mol. The summed E-state index contributed by atoms with van der Waals surface area (Å²) in [5, 5.41) is 7.06. The standard InChI is InChI=1S/C20H21F2N3O/c1-13-7-8-15(26-13)12-25-9-3-4-14(11-25)20-16(10-23-24-20)19-17(21)5-2-6-18(19)22/h2,5-8,10,14H,3-4,9,11-12H2,1H3,(H,23,24). The highest BCUT2D eigenvalue weighted by atomic mass is 19.1. The van der Waals surface area contributed by atoms with E-state index in [9.17, 15) is 8.78 Å². The number of hydrogen-bond acceptors (Lipinski definition) is 3. The number of rotatable bonds is 4. The number of hydrogen-bond donors (Lipinski definition) is 1. The molecule has 1 fully saturated rings. The lowest BCUT2D eigenvalue weighted by molar-refractivity contribution is 0.184.